The summed E-state index contributed by atoms with van der Waals surface area (Å²) in [6, 6.07) is 1.68. The maximum absolute atomic E-state index is 11.1. The van der Waals surface area contributed by atoms with Crippen LogP contribution in [0.15, 0.2) is 12.4 Å². The topological polar surface area (TPSA) is 72.0 Å². The highest BCUT2D eigenvalue weighted by atomic mass is 32.2. The molecule has 1 aromatic heterocycles. The van der Waals surface area contributed by atoms with Gasteiger partial charge in [-0.05, 0) is 12.8 Å². The van der Waals surface area contributed by atoms with E-state index in [0.29, 0.717) is 11.7 Å². The van der Waals surface area contributed by atoms with E-state index in [4.69, 9.17) is 0 Å². The summed E-state index contributed by atoms with van der Waals surface area (Å²) < 4.78 is 22.3. The van der Waals surface area contributed by atoms with Gasteiger partial charge in [0, 0.05) is 24.1 Å². The van der Waals surface area contributed by atoms with Crippen molar-refractivity contribution in [1.29, 1.82) is 0 Å². The van der Waals surface area contributed by atoms with Crippen molar-refractivity contribution in [3.63, 3.8) is 0 Å². The van der Waals surface area contributed by atoms with Crippen molar-refractivity contribution in [1.82, 2.24) is 9.97 Å². The van der Waals surface area contributed by atoms with Gasteiger partial charge in [0.25, 0.3) is 0 Å². The fourth-order valence-electron chi connectivity index (χ4n) is 1.52. The Morgan fingerprint density at radius 3 is 2.47 bits per heavy atom. The van der Waals surface area contributed by atoms with Gasteiger partial charge in [0.15, 0.2) is 0 Å². The van der Waals surface area contributed by atoms with E-state index < -0.39 is 9.84 Å². The molecule has 1 heterocycles. The van der Waals surface area contributed by atoms with Crippen LogP contribution in [0.1, 0.15) is 32.4 Å². The Morgan fingerprint density at radius 1 is 1.29 bits per heavy atom. The smallest absolute Gasteiger partial charge is 0.149 e. The second-order valence-corrected chi connectivity index (χ2v) is 6.81. The number of aromatic nitrogens is 2. The van der Waals surface area contributed by atoms with Gasteiger partial charge >= 0.3 is 0 Å². The van der Waals surface area contributed by atoms with E-state index in [0.717, 1.165) is 5.69 Å². The molecule has 0 aromatic carbocycles. The largest absolute Gasteiger partial charge is 0.366 e. The molecule has 0 amide bonds. The molecular weight excluding hydrogens is 238 g/mol. The van der Waals surface area contributed by atoms with Crippen LogP contribution in [0, 0.1) is 0 Å². The van der Waals surface area contributed by atoms with Crippen LogP contribution in [-0.4, -0.2) is 36.4 Å². The number of rotatable bonds is 5. The second-order valence-electron chi connectivity index (χ2n) is 4.62. The van der Waals surface area contributed by atoms with E-state index in [2.05, 4.69) is 15.3 Å². The molecular formula is C11H19N3O2S. The number of hydrogen-bond acceptors (Lipinski definition) is 5. The number of sulfone groups is 1. The van der Waals surface area contributed by atoms with E-state index in [-0.39, 0.29) is 11.8 Å². The average Bonchev–Trinajstić information content (AvgIpc) is 2.14. The van der Waals surface area contributed by atoms with Crippen molar-refractivity contribution in [2.45, 2.75) is 32.7 Å². The van der Waals surface area contributed by atoms with Crippen LogP contribution in [0.25, 0.3) is 0 Å². The predicted octanol–water partition coefficient (Wildman–Crippen LogP) is 1.44. The molecule has 6 heteroatoms. The molecule has 0 aliphatic heterocycles. The lowest BCUT2D eigenvalue weighted by atomic mass is 10.1. The molecule has 1 unspecified atom stereocenters. The molecule has 0 saturated heterocycles. The lowest BCUT2D eigenvalue weighted by Crippen LogP contribution is -2.25. The summed E-state index contributed by atoms with van der Waals surface area (Å²) in [4.78, 5) is 8.23. The number of nitrogens with one attached hydrogen (secondary N) is 1. The van der Waals surface area contributed by atoms with Crippen molar-refractivity contribution >= 4 is 15.7 Å². The molecule has 0 spiro atoms. The minimum atomic E-state index is -2.98. The van der Waals surface area contributed by atoms with E-state index in [9.17, 15) is 8.42 Å². The molecule has 1 atom stereocenters. The van der Waals surface area contributed by atoms with Crippen molar-refractivity contribution in [3.05, 3.63) is 18.1 Å². The average molecular weight is 257 g/mol. The monoisotopic (exact) mass is 257 g/mol. The third kappa shape index (κ3) is 5.12. The Labute approximate surface area is 103 Å². The Morgan fingerprint density at radius 2 is 1.94 bits per heavy atom. The molecule has 1 rings (SSSR count). The molecule has 96 valence electrons. The zero-order valence-corrected chi connectivity index (χ0v) is 11.5. The van der Waals surface area contributed by atoms with Crippen molar-refractivity contribution in [2.24, 2.45) is 0 Å². The van der Waals surface area contributed by atoms with Crippen LogP contribution in [-0.2, 0) is 9.84 Å². The zero-order chi connectivity index (χ0) is 13.1. The summed E-state index contributed by atoms with van der Waals surface area (Å²) in [7, 11) is -2.98. The quantitative estimate of drug-likeness (QED) is 0.864. The maximum atomic E-state index is 11.1. The van der Waals surface area contributed by atoms with Crippen LogP contribution in [0.4, 0.5) is 5.82 Å². The predicted molar refractivity (Wildman–Crippen MR) is 68.9 cm³/mol. The molecule has 0 bridgehead atoms. The van der Waals surface area contributed by atoms with Crippen LogP contribution in [0.5, 0.6) is 0 Å². The van der Waals surface area contributed by atoms with Gasteiger partial charge in [0.2, 0.25) is 0 Å². The fraction of sp³-hybridized carbons (Fsp3) is 0.636. The Bertz CT molecular complexity index is 471. The van der Waals surface area contributed by atoms with Gasteiger partial charge in [-0.3, -0.25) is 0 Å². The first-order valence-corrected chi connectivity index (χ1v) is 7.60. The summed E-state index contributed by atoms with van der Waals surface area (Å²) in [5.74, 6) is 1.08. The first kappa shape index (κ1) is 13.9. The summed E-state index contributed by atoms with van der Waals surface area (Å²) in [5.41, 5.74) is 0.939. The van der Waals surface area contributed by atoms with Gasteiger partial charge in [-0.2, -0.15) is 0 Å². The highest BCUT2D eigenvalue weighted by Gasteiger charge is 2.11. The fourth-order valence-corrected chi connectivity index (χ4v) is 2.51. The number of nitrogens with zero attached hydrogens (tertiary/aromatic N) is 2. The third-order valence-corrected chi connectivity index (χ3v) is 3.33. The highest BCUT2D eigenvalue weighted by molar-refractivity contribution is 7.90. The minimum Gasteiger partial charge on any atom is -0.366 e. The van der Waals surface area contributed by atoms with Crippen LogP contribution in [0.2, 0.25) is 0 Å². The van der Waals surface area contributed by atoms with E-state index >= 15 is 0 Å². The van der Waals surface area contributed by atoms with Crippen LogP contribution >= 0.6 is 0 Å². The summed E-state index contributed by atoms with van der Waals surface area (Å²) in [5, 5.41) is 3.06. The minimum absolute atomic E-state index is 0.0913. The third-order valence-electron chi connectivity index (χ3n) is 2.23. The standard InChI is InChI=1S/C11H19N3O2S/c1-8(2)10-5-11(13-7-12-10)14-9(3)6-17(4,15)16/h5,7-9H,6H2,1-4H3,(H,12,13,14). The molecule has 0 radical (unpaired) electrons. The lowest BCUT2D eigenvalue weighted by molar-refractivity contribution is 0.598. The second kappa shape index (κ2) is 5.44. The molecule has 1 aromatic rings. The van der Waals surface area contributed by atoms with Gasteiger partial charge in [-0.1, -0.05) is 13.8 Å². The Balaban J connectivity index is 2.72. The summed E-state index contributed by atoms with van der Waals surface area (Å²) >= 11 is 0. The highest BCUT2D eigenvalue weighted by Crippen LogP contribution is 2.14. The number of anilines is 1. The molecule has 0 saturated carbocycles. The summed E-state index contributed by atoms with van der Waals surface area (Å²) in [6.45, 7) is 5.91. The van der Waals surface area contributed by atoms with Crippen LogP contribution in [0.3, 0.4) is 0 Å². The maximum Gasteiger partial charge on any atom is 0.149 e. The van der Waals surface area contributed by atoms with Crippen molar-refractivity contribution < 1.29 is 8.42 Å². The lowest BCUT2D eigenvalue weighted by Gasteiger charge is -2.14. The molecule has 0 fully saturated rings. The van der Waals surface area contributed by atoms with Gasteiger partial charge < -0.3 is 5.32 Å². The SMILES string of the molecule is CC(CS(C)(=O)=O)Nc1cc(C(C)C)ncn1. The van der Waals surface area contributed by atoms with Crippen molar-refractivity contribution in [3.8, 4) is 0 Å². The van der Waals surface area contributed by atoms with E-state index in [1.165, 1.54) is 12.6 Å². The van der Waals surface area contributed by atoms with Gasteiger partial charge in [0.05, 0.1) is 5.75 Å². The molecule has 0 aliphatic rings. The molecule has 5 nitrogen and oxygen atoms in total. The first-order chi connectivity index (χ1) is 7.78. The van der Waals surface area contributed by atoms with E-state index in [1.54, 1.807) is 0 Å². The summed E-state index contributed by atoms with van der Waals surface area (Å²) in [6.07, 6.45) is 2.72. The zero-order valence-electron chi connectivity index (χ0n) is 10.6. The Kier molecular flexibility index (Phi) is 4.45. The van der Waals surface area contributed by atoms with Gasteiger partial charge in [0.1, 0.15) is 22.0 Å². The molecule has 0 aliphatic carbocycles. The molecule has 17 heavy (non-hydrogen) atoms. The van der Waals surface area contributed by atoms with Gasteiger partial charge in [-0.15, -0.1) is 0 Å². The van der Waals surface area contributed by atoms with E-state index in [1.807, 2.05) is 26.8 Å². The normalized spacial score (nSPS) is 13.7. The number of hydrogen-bond donors (Lipinski definition) is 1. The Hall–Kier alpha value is -1.17. The van der Waals surface area contributed by atoms with Crippen LogP contribution < -0.4 is 5.32 Å². The first-order valence-electron chi connectivity index (χ1n) is 5.54. The van der Waals surface area contributed by atoms with Gasteiger partial charge in [-0.25, -0.2) is 18.4 Å². The molecule has 1 N–H and O–H groups in total. The van der Waals surface area contributed by atoms with Crippen molar-refractivity contribution in [2.75, 3.05) is 17.3 Å².